The molecule has 0 aliphatic rings. The largest absolute Gasteiger partial charge is 0.481 e. The number of hydrogen-bond donors (Lipinski definition) is 0. The van der Waals surface area contributed by atoms with Gasteiger partial charge in [-0.1, -0.05) is 22.0 Å². The third kappa shape index (κ3) is 3.70. The monoisotopic (exact) mass is 272 g/mol. The summed E-state index contributed by atoms with van der Waals surface area (Å²) in [7, 11) is 1.64. The number of rotatable bonds is 6. The van der Waals surface area contributed by atoms with Gasteiger partial charge in [-0.05, 0) is 19.4 Å². The van der Waals surface area contributed by atoms with Crippen molar-refractivity contribution in [2.75, 3.05) is 30.4 Å². The van der Waals surface area contributed by atoms with Crippen LogP contribution in [-0.4, -0.2) is 30.5 Å². The first-order valence-corrected chi connectivity index (χ1v) is 6.26. The number of alkyl halides is 1. The Kier molecular flexibility index (Phi) is 5.47. The van der Waals surface area contributed by atoms with Crippen LogP contribution in [0, 0.1) is 0 Å². The summed E-state index contributed by atoms with van der Waals surface area (Å²) in [6.07, 6.45) is 1.12. The van der Waals surface area contributed by atoms with Crippen molar-refractivity contribution in [2.24, 2.45) is 0 Å². The minimum absolute atomic E-state index is 0.671. The quantitative estimate of drug-likeness (QED) is 0.745. The minimum atomic E-state index is 0.671. The van der Waals surface area contributed by atoms with Crippen LogP contribution in [0.25, 0.3) is 0 Å². The Morgan fingerprint density at radius 2 is 2.27 bits per heavy atom. The average Bonchev–Trinajstić information content (AvgIpc) is 2.30. The Hall–Kier alpha value is -0.770. The van der Waals surface area contributed by atoms with Crippen LogP contribution in [0.3, 0.4) is 0 Å². The van der Waals surface area contributed by atoms with Crippen LogP contribution in [0.15, 0.2) is 18.2 Å². The summed E-state index contributed by atoms with van der Waals surface area (Å²) in [5.74, 6) is 1.66. The van der Waals surface area contributed by atoms with Gasteiger partial charge in [-0.15, -0.1) is 0 Å². The molecule has 0 amide bonds. The van der Waals surface area contributed by atoms with Gasteiger partial charge in [-0.25, -0.2) is 0 Å². The molecule has 0 aliphatic carbocycles. The second kappa shape index (κ2) is 6.67. The molecule has 0 saturated carbocycles. The zero-order chi connectivity index (χ0) is 11.1. The van der Waals surface area contributed by atoms with Gasteiger partial charge >= 0.3 is 0 Å². The maximum atomic E-state index is 5.11. The maximum Gasteiger partial charge on any atom is 0.214 e. The smallest absolute Gasteiger partial charge is 0.214 e. The SMILES string of the molecule is CCN(CCCBr)c1cccc(OC)n1. The van der Waals surface area contributed by atoms with Crippen LogP contribution in [0.1, 0.15) is 13.3 Å². The summed E-state index contributed by atoms with van der Waals surface area (Å²) in [5.41, 5.74) is 0. The first-order chi connectivity index (χ1) is 7.31. The molecule has 84 valence electrons. The van der Waals surface area contributed by atoms with Crippen molar-refractivity contribution in [2.45, 2.75) is 13.3 Å². The third-order valence-corrected chi connectivity index (χ3v) is 2.75. The molecule has 1 heterocycles. The van der Waals surface area contributed by atoms with Gasteiger partial charge in [0, 0.05) is 24.5 Å². The van der Waals surface area contributed by atoms with E-state index in [4.69, 9.17) is 4.74 Å². The lowest BCUT2D eigenvalue weighted by atomic mass is 10.3. The van der Waals surface area contributed by atoms with Gasteiger partial charge < -0.3 is 9.64 Å². The van der Waals surface area contributed by atoms with Crippen LogP contribution in [0.4, 0.5) is 5.82 Å². The Morgan fingerprint density at radius 3 is 2.87 bits per heavy atom. The Balaban J connectivity index is 2.72. The lowest BCUT2D eigenvalue weighted by Crippen LogP contribution is -2.25. The van der Waals surface area contributed by atoms with E-state index in [0.29, 0.717) is 5.88 Å². The molecular weight excluding hydrogens is 256 g/mol. The number of hydrogen-bond acceptors (Lipinski definition) is 3. The second-order valence-corrected chi connectivity index (χ2v) is 3.95. The lowest BCUT2D eigenvalue weighted by Gasteiger charge is -2.21. The highest BCUT2D eigenvalue weighted by atomic mass is 79.9. The molecule has 0 unspecified atom stereocenters. The molecule has 1 rings (SSSR count). The molecule has 4 heteroatoms. The number of methoxy groups -OCH3 is 1. The standard InChI is InChI=1S/C11H17BrN2O/c1-3-14(9-5-8-12)10-6-4-7-11(13-10)15-2/h4,6-7H,3,5,8-9H2,1-2H3. The molecule has 0 aliphatic heterocycles. The predicted octanol–water partition coefficient (Wildman–Crippen LogP) is 2.70. The number of nitrogens with zero attached hydrogens (tertiary/aromatic N) is 2. The van der Waals surface area contributed by atoms with E-state index < -0.39 is 0 Å². The fraction of sp³-hybridized carbons (Fsp3) is 0.545. The van der Waals surface area contributed by atoms with Crippen molar-refractivity contribution >= 4 is 21.7 Å². The molecule has 3 nitrogen and oxygen atoms in total. The third-order valence-electron chi connectivity index (χ3n) is 2.19. The van der Waals surface area contributed by atoms with Crippen LogP contribution in [-0.2, 0) is 0 Å². The van der Waals surface area contributed by atoms with Crippen LogP contribution in [0.5, 0.6) is 5.88 Å². The predicted molar refractivity (Wildman–Crippen MR) is 67.1 cm³/mol. The molecule has 0 fully saturated rings. The maximum absolute atomic E-state index is 5.11. The molecule has 0 bridgehead atoms. The van der Waals surface area contributed by atoms with Crippen LogP contribution >= 0.6 is 15.9 Å². The van der Waals surface area contributed by atoms with E-state index in [1.165, 1.54) is 0 Å². The van der Waals surface area contributed by atoms with E-state index >= 15 is 0 Å². The van der Waals surface area contributed by atoms with E-state index in [1.54, 1.807) is 7.11 Å². The van der Waals surface area contributed by atoms with Gasteiger partial charge in [-0.3, -0.25) is 0 Å². The summed E-state index contributed by atoms with van der Waals surface area (Å²) < 4.78 is 5.11. The number of pyridine rings is 1. The first-order valence-electron chi connectivity index (χ1n) is 5.13. The number of anilines is 1. The molecule has 0 atom stereocenters. The topological polar surface area (TPSA) is 25.4 Å². The molecule has 1 aromatic heterocycles. The Labute approximate surface area is 99.6 Å². The summed E-state index contributed by atoms with van der Waals surface area (Å²) in [6.45, 7) is 4.12. The van der Waals surface area contributed by atoms with Gasteiger partial charge in [0.2, 0.25) is 5.88 Å². The van der Waals surface area contributed by atoms with Crippen molar-refractivity contribution in [1.29, 1.82) is 0 Å². The van der Waals surface area contributed by atoms with Gasteiger partial charge in [0.05, 0.1) is 7.11 Å². The highest BCUT2D eigenvalue weighted by molar-refractivity contribution is 9.09. The molecular formula is C11H17BrN2O. The highest BCUT2D eigenvalue weighted by Gasteiger charge is 2.05. The molecule has 0 aromatic carbocycles. The molecule has 0 radical (unpaired) electrons. The van der Waals surface area contributed by atoms with E-state index in [0.717, 1.165) is 30.7 Å². The van der Waals surface area contributed by atoms with Gasteiger partial charge in [-0.2, -0.15) is 4.98 Å². The average molecular weight is 273 g/mol. The normalized spacial score (nSPS) is 10.1. The number of aromatic nitrogens is 1. The van der Waals surface area contributed by atoms with Crippen molar-refractivity contribution in [3.8, 4) is 5.88 Å². The van der Waals surface area contributed by atoms with E-state index in [9.17, 15) is 0 Å². The molecule has 0 saturated heterocycles. The lowest BCUT2D eigenvalue weighted by molar-refractivity contribution is 0.398. The number of halogens is 1. The molecule has 0 spiro atoms. The minimum Gasteiger partial charge on any atom is -0.481 e. The molecule has 15 heavy (non-hydrogen) atoms. The molecule has 0 N–H and O–H groups in total. The first kappa shape index (κ1) is 12.3. The van der Waals surface area contributed by atoms with E-state index in [-0.39, 0.29) is 0 Å². The summed E-state index contributed by atoms with van der Waals surface area (Å²) in [5, 5.41) is 1.02. The van der Waals surface area contributed by atoms with E-state index in [1.807, 2.05) is 18.2 Å². The number of ether oxygens (including phenoxy) is 1. The van der Waals surface area contributed by atoms with Crippen molar-refractivity contribution in [3.05, 3.63) is 18.2 Å². The van der Waals surface area contributed by atoms with Gasteiger partial charge in [0.25, 0.3) is 0 Å². The Bertz CT molecular complexity index is 294. The van der Waals surface area contributed by atoms with Crippen molar-refractivity contribution in [1.82, 2.24) is 4.98 Å². The fourth-order valence-electron chi connectivity index (χ4n) is 1.38. The van der Waals surface area contributed by atoms with Gasteiger partial charge in [0.1, 0.15) is 5.82 Å². The van der Waals surface area contributed by atoms with E-state index in [2.05, 4.69) is 32.7 Å². The zero-order valence-corrected chi connectivity index (χ0v) is 10.8. The highest BCUT2D eigenvalue weighted by Crippen LogP contribution is 2.15. The summed E-state index contributed by atoms with van der Waals surface area (Å²) in [6, 6.07) is 5.85. The molecule has 1 aromatic rings. The van der Waals surface area contributed by atoms with Crippen molar-refractivity contribution in [3.63, 3.8) is 0 Å². The second-order valence-electron chi connectivity index (χ2n) is 3.16. The summed E-state index contributed by atoms with van der Waals surface area (Å²) >= 11 is 3.44. The zero-order valence-electron chi connectivity index (χ0n) is 9.24. The van der Waals surface area contributed by atoms with Crippen molar-refractivity contribution < 1.29 is 4.74 Å². The fourth-order valence-corrected chi connectivity index (χ4v) is 1.63. The van der Waals surface area contributed by atoms with Gasteiger partial charge in [0.15, 0.2) is 0 Å². The van der Waals surface area contributed by atoms with Crippen LogP contribution < -0.4 is 9.64 Å². The summed E-state index contributed by atoms with van der Waals surface area (Å²) in [4.78, 5) is 6.64. The van der Waals surface area contributed by atoms with Crippen LogP contribution in [0.2, 0.25) is 0 Å². The Morgan fingerprint density at radius 1 is 1.47 bits per heavy atom.